The highest BCUT2D eigenvalue weighted by molar-refractivity contribution is 7.20. The first-order valence-corrected chi connectivity index (χ1v) is 12.6. The van der Waals surface area contributed by atoms with E-state index in [0.29, 0.717) is 11.5 Å². The molecule has 0 radical (unpaired) electrons. The Hall–Kier alpha value is -4.74. The molecule has 1 amide bonds. The van der Waals surface area contributed by atoms with Crippen molar-refractivity contribution in [2.24, 2.45) is 0 Å². The maximum atomic E-state index is 13.4. The van der Waals surface area contributed by atoms with Crippen LogP contribution < -0.4 is 15.4 Å². The van der Waals surface area contributed by atoms with Gasteiger partial charge in [-0.15, -0.1) is 11.3 Å². The lowest BCUT2D eigenvalue weighted by molar-refractivity contribution is -0.114. The lowest BCUT2D eigenvalue weighted by atomic mass is 10.2. The Morgan fingerprint density at radius 2 is 1.87 bits per heavy atom. The summed E-state index contributed by atoms with van der Waals surface area (Å²) in [4.78, 5) is 21.0. The number of aryl methyl sites for hydroxylation is 1. The van der Waals surface area contributed by atoms with Gasteiger partial charge in [-0.3, -0.25) is 4.79 Å². The molecule has 2 aromatic heterocycles. The molecule has 0 saturated heterocycles. The summed E-state index contributed by atoms with van der Waals surface area (Å²) in [6, 6.07) is 21.5. The van der Waals surface area contributed by atoms with E-state index in [1.165, 1.54) is 36.7 Å². The summed E-state index contributed by atoms with van der Waals surface area (Å²) in [7, 11) is 0. The molecule has 0 fully saturated rings. The number of carbonyl (C=O) groups excluding carboxylic acids is 1. The molecule has 0 spiro atoms. The van der Waals surface area contributed by atoms with Gasteiger partial charge in [0.05, 0.1) is 15.1 Å². The van der Waals surface area contributed by atoms with E-state index in [2.05, 4.69) is 32.4 Å². The SMILES string of the molecule is CC(=O)Nc1cccc(C#Cc2cc3ncnc(Nc4ccc(OCc5cccc(F)c5)c(C)c4)c3s2)c1. The molecular weight excluding hydrogens is 499 g/mol. The number of halogens is 1. The Morgan fingerprint density at radius 3 is 2.68 bits per heavy atom. The van der Waals surface area contributed by atoms with E-state index in [-0.39, 0.29) is 18.3 Å². The monoisotopic (exact) mass is 522 g/mol. The fraction of sp³-hybridized carbons (Fsp3) is 0.100. The number of ether oxygens (including phenoxy) is 1. The lowest BCUT2D eigenvalue weighted by Crippen LogP contribution is -2.05. The quantitative estimate of drug-likeness (QED) is 0.239. The first-order valence-electron chi connectivity index (χ1n) is 11.8. The average Bonchev–Trinajstić information content (AvgIpc) is 3.31. The normalized spacial score (nSPS) is 10.5. The third kappa shape index (κ3) is 6.14. The van der Waals surface area contributed by atoms with Crippen molar-refractivity contribution in [1.29, 1.82) is 0 Å². The second-order valence-electron chi connectivity index (χ2n) is 8.58. The number of aromatic nitrogens is 2. The van der Waals surface area contributed by atoms with E-state index >= 15 is 0 Å². The zero-order chi connectivity index (χ0) is 26.5. The van der Waals surface area contributed by atoms with Crippen molar-refractivity contribution in [3.8, 4) is 17.6 Å². The van der Waals surface area contributed by atoms with Crippen molar-refractivity contribution >= 4 is 44.7 Å². The molecule has 0 atom stereocenters. The van der Waals surface area contributed by atoms with Crippen LogP contribution in [-0.4, -0.2) is 15.9 Å². The summed E-state index contributed by atoms with van der Waals surface area (Å²) in [5.74, 6) is 7.35. The van der Waals surface area contributed by atoms with Crippen LogP contribution in [0.5, 0.6) is 5.75 Å². The number of benzene rings is 3. The van der Waals surface area contributed by atoms with Gasteiger partial charge in [0.1, 0.15) is 24.5 Å². The summed E-state index contributed by atoms with van der Waals surface area (Å²) in [6.45, 7) is 3.72. The van der Waals surface area contributed by atoms with Gasteiger partial charge >= 0.3 is 0 Å². The largest absolute Gasteiger partial charge is 0.489 e. The Morgan fingerprint density at radius 1 is 1.00 bits per heavy atom. The second-order valence-corrected chi connectivity index (χ2v) is 9.64. The molecule has 5 rings (SSSR count). The summed E-state index contributed by atoms with van der Waals surface area (Å²) in [5, 5.41) is 6.14. The molecule has 0 aliphatic heterocycles. The molecule has 5 aromatic rings. The molecule has 2 heterocycles. The number of thiophene rings is 1. The van der Waals surface area contributed by atoms with E-state index in [9.17, 15) is 9.18 Å². The number of nitrogens with one attached hydrogen (secondary N) is 2. The van der Waals surface area contributed by atoms with Crippen LogP contribution in [0, 0.1) is 24.6 Å². The van der Waals surface area contributed by atoms with E-state index in [4.69, 9.17) is 4.74 Å². The van der Waals surface area contributed by atoms with Gasteiger partial charge in [-0.05, 0) is 72.6 Å². The van der Waals surface area contributed by atoms with Crippen LogP contribution in [0.4, 0.5) is 21.6 Å². The number of carbonyl (C=O) groups is 1. The number of hydrogen-bond donors (Lipinski definition) is 2. The maximum Gasteiger partial charge on any atom is 0.221 e. The number of rotatable bonds is 6. The fourth-order valence-electron chi connectivity index (χ4n) is 3.83. The molecule has 0 aliphatic carbocycles. The number of fused-ring (bicyclic) bond motifs is 1. The van der Waals surface area contributed by atoms with Crippen molar-refractivity contribution in [2.45, 2.75) is 20.5 Å². The average molecular weight is 523 g/mol. The van der Waals surface area contributed by atoms with Crippen molar-refractivity contribution in [3.05, 3.63) is 107 Å². The van der Waals surface area contributed by atoms with Crippen LogP contribution in [0.15, 0.2) is 79.1 Å². The third-order valence-electron chi connectivity index (χ3n) is 5.55. The molecule has 8 heteroatoms. The first kappa shape index (κ1) is 24.9. The van der Waals surface area contributed by atoms with Crippen molar-refractivity contribution in [3.63, 3.8) is 0 Å². The lowest BCUT2D eigenvalue weighted by Gasteiger charge is -2.12. The Bertz CT molecular complexity index is 1700. The van der Waals surface area contributed by atoms with Crippen LogP contribution in [0.1, 0.15) is 28.5 Å². The van der Waals surface area contributed by atoms with E-state index in [0.717, 1.165) is 43.2 Å². The topological polar surface area (TPSA) is 76.1 Å². The Labute approximate surface area is 223 Å². The smallest absolute Gasteiger partial charge is 0.221 e. The molecule has 0 aliphatic rings. The third-order valence-corrected chi connectivity index (χ3v) is 6.59. The minimum Gasteiger partial charge on any atom is -0.489 e. The Kier molecular flexibility index (Phi) is 7.29. The molecule has 2 N–H and O–H groups in total. The van der Waals surface area contributed by atoms with Gasteiger partial charge in [0.15, 0.2) is 5.82 Å². The minimum absolute atomic E-state index is 0.126. The van der Waals surface area contributed by atoms with Gasteiger partial charge in [0.25, 0.3) is 0 Å². The second kappa shape index (κ2) is 11.1. The van der Waals surface area contributed by atoms with Crippen LogP contribution >= 0.6 is 11.3 Å². The number of anilines is 3. The van der Waals surface area contributed by atoms with Gasteiger partial charge in [-0.25, -0.2) is 14.4 Å². The van der Waals surface area contributed by atoms with Crippen molar-refractivity contribution in [1.82, 2.24) is 9.97 Å². The number of hydrogen-bond acceptors (Lipinski definition) is 6. The number of amides is 1. The highest BCUT2D eigenvalue weighted by Crippen LogP contribution is 2.32. The highest BCUT2D eigenvalue weighted by atomic mass is 32.1. The summed E-state index contributed by atoms with van der Waals surface area (Å²) in [5.41, 5.74) is 4.88. The summed E-state index contributed by atoms with van der Waals surface area (Å²) >= 11 is 1.51. The summed E-state index contributed by atoms with van der Waals surface area (Å²) < 4.78 is 20.2. The zero-order valence-electron chi connectivity index (χ0n) is 20.7. The Balaban J connectivity index is 1.32. The van der Waals surface area contributed by atoms with Crippen molar-refractivity contribution in [2.75, 3.05) is 10.6 Å². The molecule has 0 unspecified atom stereocenters. The minimum atomic E-state index is -0.280. The highest BCUT2D eigenvalue weighted by Gasteiger charge is 2.10. The van der Waals surface area contributed by atoms with E-state index in [1.54, 1.807) is 6.07 Å². The molecule has 38 heavy (non-hydrogen) atoms. The van der Waals surface area contributed by atoms with Crippen LogP contribution in [0.2, 0.25) is 0 Å². The van der Waals surface area contributed by atoms with Crippen LogP contribution in [0.25, 0.3) is 10.2 Å². The van der Waals surface area contributed by atoms with Gasteiger partial charge in [-0.1, -0.05) is 30.0 Å². The molecule has 3 aromatic carbocycles. The maximum absolute atomic E-state index is 13.4. The predicted molar refractivity (Wildman–Crippen MR) is 149 cm³/mol. The zero-order valence-corrected chi connectivity index (χ0v) is 21.5. The first-order chi connectivity index (χ1) is 18.4. The predicted octanol–water partition coefficient (Wildman–Crippen LogP) is 6.82. The standard InChI is InChI=1S/C30H23FN4O2S/c1-19-13-25(10-12-28(19)37-17-22-6-3-7-23(31)14-22)35-30-29-27(32-18-33-30)16-26(38-29)11-9-21-5-4-8-24(15-21)34-20(2)36/h3-8,10,12-16,18H,17H2,1-2H3,(H,34,36)(H,32,33,35). The molecule has 188 valence electrons. The van der Waals surface area contributed by atoms with E-state index in [1.807, 2.05) is 61.5 Å². The van der Waals surface area contributed by atoms with Gasteiger partial charge in [-0.2, -0.15) is 0 Å². The van der Waals surface area contributed by atoms with E-state index < -0.39 is 0 Å². The van der Waals surface area contributed by atoms with Crippen molar-refractivity contribution < 1.29 is 13.9 Å². The molecule has 6 nitrogen and oxygen atoms in total. The van der Waals surface area contributed by atoms with Crippen LogP contribution in [-0.2, 0) is 11.4 Å². The molecular formula is C30H23FN4O2S. The van der Waals surface area contributed by atoms with Gasteiger partial charge < -0.3 is 15.4 Å². The van der Waals surface area contributed by atoms with Gasteiger partial charge in [0, 0.05) is 23.9 Å². The molecule has 0 saturated carbocycles. The van der Waals surface area contributed by atoms with Gasteiger partial charge in [0.2, 0.25) is 5.91 Å². The fourth-order valence-corrected chi connectivity index (χ4v) is 4.74. The molecule has 0 bridgehead atoms. The van der Waals surface area contributed by atoms with Crippen LogP contribution in [0.3, 0.4) is 0 Å². The number of nitrogens with zero attached hydrogens (tertiary/aromatic N) is 2. The summed E-state index contributed by atoms with van der Waals surface area (Å²) in [6.07, 6.45) is 1.52.